The molecule has 14 nitrogen and oxygen atoms in total. The van der Waals surface area contributed by atoms with Gasteiger partial charge in [-0.05, 0) is 93.6 Å². The van der Waals surface area contributed by atoms with E-state index in [4.69, 9.17) is 18.9 Å². The molecule has 4 unspecified atom stereocenters. The number of phenolic OH excluding ortho intramolecular Hbond substituents is 2. The van der Waals surface area contributed by atoms with Crippen LogP contribution in [0.25, 0.3) is 0 Å². The fraction of sp³-hybridized carbons (Fsp3) is 0.679. The third kappa shape index (κ3) is 26.0. The standard InChI is InChI=1S/C28H44O7.C17H26O3.C11H19BrO4.Na/c1-10-11-14-34-26(32)22(15-18(2)25(31)33-9)35-23(29)13-12-19-16-20(27(3,4)5)24(30)21(17-19)28(6,7)8;1-16(2,3)12-9-11(7-8-14(18)19)10-13(15(12)20)17(4,5)6;1-4-5-6-16-11(14)9(12)7-8(2)10(13)15-3;/h16-18,22,30H,10-15H2,1-9H3;9-10,20H,7-8H2,1-6H3,(H,18,19);8-9H,4-7H2,1-3H3;/q;;;+1/p-1. The van der Waals surface area contributed by atoms with Crippen LogP contribution in [0.15, 0.2) is 24.3 Å². The molecule has 0 radical (unpaired) electrons. The molecular weight excluding hydrogens is 999 g/mol. The maximum Gasteiger partial charge on any atom is 1.00 e. The number of hydrogen-bond acceptors (Lipinski definition) is 14. The Bertz CT molecular complexity index is 1970. The zero-order chi connectivity index (χ0) is 55.2. The molecule has 2 aromatic carbocycles. The molecule has 16 heteroatoms. The summed E-state index contributed by atoms with van der Waals surface area (Å²) in [4.78, 5) is 69.9. The number of carboxylic acids is 1. The Balaban J connectivity index is 0. The van der Waals surface area contributed by atoms with Crippen LogP contribution in [0.4, 0.5) is 0 Å². The number of ether oxygens (including phenoxy) is 5. The Morgan fingerprint density at radius 1 is 0.569 bits per heavy atom. The van der Waals surface area contributed by atoms with Gasteiger partial charge in [-0.2, -0.15) is 0 Å². The van der Waals surface area contributed by atoms with E-state index in [1.807, 2.05) is 121 Å². The number of hydrogen-bond donors (Lipinski definition) is 2. The van der Waals surface area contributed by atoms with Crippen LogP contribution in [-0.2, 0) is 87.0 Å². The van der Waals surface area contributed by atoms with Gasteiger partial charge in [-0.25, -0.2) is 4.79 Å². The van der Waals surface area contributed by atoms with Crippen LogP contribution >= 0.6 is 15.9 Å². The molecule has 0 aliphatic heterocycles. The van der Waals surface area contributed by atoms with Crippen molar-refractivity contribution < 1.29 is 97.3 Å². The zero-order valence-electron chi connectivity index (χ0n) is 47.3. The van der Waals surface area contributed by atoms with Gasteiger partial charge >= 0.3 is 59.4 Å². The molecular formula is C56H88BrNaO14. The van der Waals surface area contributed by atoms with E-state index < -0.39 is 40.7 Å². The molecule has 0 bridgehead atoms. The molecule has 0 aliphatic rings. The van der Waals surface area contributed by atoms with Crippen molar-refractivity contribution in [1.82, 2.24) is 0 Å². The van der Waals surface area contributed by atoms with Crippen LogP contribution in [0.5, 0.6) is 11.5 Å². The summed E-state index contributed by atoms with van der Waals surface area (Å²) in [6.07, 6.45) is 3.45. The van der Waals surface area contributed by atoms with Crippen molar-refractivity contribution in [3.8, 4) is 11.5 Å². The number of rotatable bonds is 21. The first-order valence-electron chi connectivity index (χ1n) is 24.8. The number of benzene rings is 2. The van der Waals surface area contributed by atoms with Gasteiger partial charge in [-0.1, -0.05) is 164 Å². The van der Waals surface area contributed by atoms with Gasteiger partial charge < -0.3 is 43.8 Å². The fourth-order valence-electron chi connectivity index (χ4n) is 7.01. The largest absolute Gasteiger partial charge is 1.00 e. The number of phenols is 2. The van der Waals surface area contributed by atoms with Crippen LogP contribution in [0.2, 0.25) is 0 Å². The second-order valence-corrected chi connectivity index (χ2v) is 23.4. The molecule has 0 fully saturated rings. The molecule has 0 spiro atoms. The number of carbonyl (C=O) groups excluding carboxylic acids is 6. The van der Waals surface area contributed by atoms with Crippen LogP contribution in [-0.4, -0.2) is 84.4 Å². The van der Waals surface area contributed by atoms with E-state index in [0.717, 1.165) is 52.6 Å². The van der Waals surface area contributed by atoms with E-state index in [9.17, 15) is 44.1 Å². The first-order valence-corrected chi connectivity index (χ1v) is 25.7. The van der Waals surface area contributed by atoms with Crippen molar-refractivity contribution in [2.24, 2.45) is 11.8 Å². The minimum absolute atomic E-state index is 0. The van der Waals surface area contributed by atoms with Crippen LogP contribution in [0.1, 0.15) is 196 Å². The summed E-state index contributed by atoms with van der Waals surface area (Å²) in [5.74, 6) is -3.71. The number of carboxylic acid groups (broad SMARTS) is 1. The second kappa shape index (κ2) is 32.6. The number of methoxy groups -OCH3 is 2. The van der Waals surface area contributed by atoms with Crippen LogP contribution < -0.4 is 34.7 Å². The van der Waals surface area contributed by atoms with Gasteiger partial charge in [0.15, 0.2) is 6.10 Å². The van der Waals surface area contributed by atoms with E-state index in [1.165, 1.54) is 14.2 Å². The Kier molecular flexibility index (Phi) is 31.9. The van der Waals surface area contributed by atoms with Crippen molar-refractivity contribution in [2.75, 3.05) is 27.4 Å². The first-order chi connectivity index (χ1) is 32.6. The minimum Gasteiger partial charge on any atom is -0.550 e. The van der Waals surface area contributed by atoms with E-state index in [-0.39, 0.29) is 101 Å². The Labute approximate surface area is 462 Å². The monoisotopic (exact) mass is 1090 g/mol. The third-order valence-corrected chi connectivity index (χ3v) is 12.2. The molecule has 2 rings (SSSR count). The Hall–Kier alpha value is -3.66. The summed E-state index contributed by atoms with van der Waals surface area (Å²) in [6.45, 7) is 32.4. The summed E-state index contributed by atoms with van der Waals surface area (Å²) in [7, 11) is 2.61. The SMILES string of the molecule is CC(C)(C)c1cc(CCC(=O)[O-])cc(C(C)(C)C)c1O.CCCCOC(=O)C(Br)CC(C)C(=O)OC.CCCCOC(=O)C(CC(C)C(=O)OC)OC(=O)CCc1cc(C(C)(C)C)c(O)c(C(C)(C)C)c1.[Na+]. The third-order valence-electron chi connectivity index (χ3n) is 11.4. The maximum atomic E-state index is 12.7. The molecule has 0 amide bonds. The van der Waals surface area contributed by atoms with E-state index in [2.05, 4.69) is 20.7 Å². The summed E-state index contributed by atoms with van der Waals surface area (Å²) in [5, 5.41) is 32.1. The number of alkyl halides is 1. The topological polar surface area (TPSA) is 212 Å². The molecule has 0 saturated heterocycles. The number of halogens is 1. The number of carbonyl (C=O) groups is 6. The molecule has 72 heavy (non-hydrogen) atoms. The number of esters is 5. The van der Waals surface area contributed by atoms with Crippen molar-refractivity contribution in [2.45, 2.75) is 208 Å². The van der Waals surface area contributed by atoms with E-state index in [1.54, 1.807) is 13.8 Å². The van der Waals surface area contributed by atoms with Crippen LogP contribution in [0.3, 0.4) is 0 Å². The van der Waals surface area contributed by atoms with Gasteiger partial charge in [0.1, 0.15) is 16.3 Å². The normalized spacial score (nSPS) is 13.2. The van der Waals surface area contributed by atoms with Gasteiger partial charge in [-0.3, -0.25) is 19.2 Å². The molecule has 2 aromatic rings. The van der Waals surface area contributed by atoms with Crippen molar-refractivity contribution in [3.05, 3.63) is 57.6 Å². The van der Waals surface area contributed by atoms with Gasteiger partial charge in [0.05, 0.1) is 39.3 Å². The molecule has 0 heterocycles. The first kappa shape index (κ1) is 70.4. The van der Waals surface area contributed by atoms with Gasteiger partial charge in [0.2, 0.25) is 0 Å². The minimum atomic E-state index is -1.18. The van der Waals surface area contributed by atoms with Crippen LogP contribution in [0, 0.1) is 11.8 Å². The van der Waals surface area contributed by atoms with Gasteiger partial charge in [0.25, 0.3) is 0 Å². The molecule has 4 atom stereocenters. The zero-order valence-corrected chi connectivity index (χ0v) is 50.9. The number of aromatic hydroxyl groups is 2. The summed E-state index contributed by atoms with van der Waals surface area (Å²) in [5.41, 5.74) is 4.24. The fourth-order valence-corrected chi connectivity index (χ4v) is 7.70. The molecule has 0 aromatic heterocycles. The average Bonchev–Trinajstić information content (AvgIpc) is 3.26. The van der Waals surface area contributed by atoms with Crippen molar-refractivity contribution >= 4 is 51.7 Å². The number of aliphatic carboxylic acids is 1. The Morgan fingerprint density at radius 3 is 1.22 bits per heavy atom. The second-order valence-electron chi connectivity index (χ2n) is 22.3. The summed E-state index contributed by atoms with van der Waals surface area (Å²) in [6, 6.07) is 7.67. The number of aryl methyl sites for hydroxylation is 2. The molecule has 404 valence electrons. The summed E-state index contributed by atoms with van der Waals surface area (Å²) >= 11 is 3.21. The van der Waals surface area contributed by atoms with E-state index >= 15 is 0 Å². The predicted octanol–water partition coefficient (Wildman–Crippen LogP) is 7.34. The van der Waals surface area contributed by atoms with Crippen molar-refractivity contribution in [1.29, 1.82) is 0 Å². The average molecular weight is 1090 g/mol. The maximum absolute atomic E-state index is 12.7. The predicted molar refractivity (Wildman–Crippen MR) is 279 cm³/mol. The van der Waals surface area contributed by atoms with E-state index in [0.29, 0.717) is 38.0 Å². The quantitative estimate of drug-likeness (QED) is 0.0412. The summed E-state index contributed by atoms with van der Waals surface area (Å²) < 4.78 is 25.1. The van der Waals surface area contributed by atoms with Gasteiger partial charge in [-0.15, -0.1) is 0 Å². The molecule has 0 saturated carbocycles. The van der Waals surface area contributed by atoms with Crippen molar-refractivity contribution in [3.63, 3.8) is 0 Å². The molecule has 2 N–H and O–H groups in total. The number of unbranched alkanes of at least 4 members (excludes halogenated alkanes) is 2. The van der Waals surface area contributed by atoms with Gasteiger partial charge in [0, 0.05) is 18.8 Å². The molecule has 0 aliphatic carbocycles. The smallest absolute Gasteiger partial charge is 0.550 e. The Morgan fingerprint density at radius 2 is 0.903 bits per heavy atom.